The third kappa shape index (κ3) is 3.01. The summed E-state index contributed by atoms with van der Waals surface area (Å²) in [6, 6.07) is 5.89. The SMILES string of the molecule is CN(/N=N\NC=O)c1cccc([N+](=O)[O-])c1. The molecule has 0 unspecified atom stereocenters. The van der Waals surface area contributed by atoms with Crippen LogP contribution in [0.25, 0.3) is 0 Å². The van der Waals surface area contributed by atoms with Crippen LogP contribution >= 0.6 is 0 Å². The summed E-state index contributed by atoms with van der Waals surface area (Å²) in [4.78, 5) is 19.9. The van der Waals surface area contributed by atoms with Crippen molar-refractivity contribution in [3.05, 3.63) is 34.4 Å². The molecule has 0 heterocycles. The Labute approximate surface area is 90.7 Å². The highest BCUT2D eigenvalue weighted by Crippen LogP contribution is 2.19. The highest BCUT2D eigenvalue weighted by Gasteiger charge is 2.07. The second-order valence-electron chi connectivity index (χ2n) is 2.74. The summed E-state index contributed by atoms with van der Waals surface area (Å²) in [5.74, 6) is 0. The normalized spacial score (nSPS) is 10.1. The monoisotopic (exact) mass is 223 g/mol. The molecule has 16 heavy (non-hydrogen) atoms. The predicted molar refractivity (Wildman–Crippen MR) is 55.6 cm³/mol. The Hall–Kier alpha value is -2.51. The van der Waals surface area contributed by atoms with E-state index in [2.05, 4.69) is 10.4 Å². The predicted octanol–water partition coefficient (Wildman–Crippen LogP) is 1.06. The fourth-order valence-corrected chi connectivity index (χ4v) is 0.976. The van der Waals surface area contributed by atoms with Gasteiger partial charge in [-0.25, -0.2) is 10.4 Å². The molecule has 1 rings (SSSR count). The summed E-state index contributed by atoms with van der Waals surface area (Å²) in [6.07, 6.45) is 0.366. The third-order valence-electron chi connectivity index (χ3n) is 1.70. The van der Waals surface area contributed by atoms with Crippen molar-refractivity contribution in [3.63, 3.8) is 0 Å². The topological polar surface area (TPSA) is 100 Å². The zero-order valence-corrected chi connectivity index (χ0v) is 8.40. The molecule has 0 saturated carbocycles. The summed E-state index contributed by atoms with van der Waals surface area (Å²) in [6.45, 7) is 0. The zero-order chi connectivity index (χ0) is 12.0. The van der Waals surface area contributed by atoms with Crippen molar-refractivity contribution in [3.8, 4) is 0 Å². The Morgan fingerprint density at radius 2 is 2.31 bits per heavy atom. The first-order valence-electron chi connectivity index (χ1n) is 4.23. The smallest absolute Gasteiger partial charge is 0.271 e. The van der Waals surface area contributed by atoms with Gasteiger partial charge in [-0.05, 0) is 16.5 Å². The number of nitrogens with zero attached hydrogens (tertiary/aromatic N) is 4. The number of nitro groups is 1. The fraction of sp³-hybridized carbons (Fsp3) is 0.125. The average molecular weight is 223 g/mol. The lowest BCUT2D eigenvalue weighted by molar-refractivity contribution is -0.384. The standard InChI is InChI=1S/C8H9N5O3/c1-12(11-10-9-6-14)7-3-2-4-8(5-7)13(15)16/h2-6H,1H3,(H,9,11,14). The summed E-state index contributed by atoms with van der Waals surface area (Å²) >= 11 is 0. The molecule has 0 fully saturated rings. The number of nitro benzene ring substituents is 1. The van der Waals surface area contributed by atoms with E-state index < -0.39 is 4.92 Å². The van der Waals surface area contributed by atoms with Crippen molar-refractivity contribution < 1.29 is 9.72 Å². The molecular formula is C8H9N5O3. The first kappa shape index (κ1) is 11.6. The van der Waals surface area contributed by atoms with Gasteiger partial charge in [0.05, 0.1) is 10.6 Å². The Kier molecular flexibility index (Phi) is 3.90. The lowest BCUT2D eigenvalue weighted by Crippen LogP contribution is -2.10. The summed E-state index contributed by atoms with van der Waals surface area (Å²) in [7, 11) is 1.55. The van der Waals surface area contributed by atoms with Gasteiger partial charge in [0, 0.05) is 19.2 Å². The van der Waals surface area contributed by atoms with Crippen molar-refractivity contribution in [1.29, 1.82) is 0 Å². The molecule has 0 radical (unpaired) electrons. The number of benzene rings is 1. The maximum atomic E-state index is 10.5. The molecule has 0 aliphatic carbocycles. The molecule has 1 aromatic rings. The van der Waals surface area contributed by atoms with Crippen molar-refractivity contribution in [2.24, 2.45) is 10.4 Å². The van der Waals surface area contributed by atoms with Gasteiger partial charge >= 0.3 is 0 Å². The number of hydrogen-bond acceptors (Lipinski definition) is 5. The molecule has 0 aliphatic heterocycles. The number of carbonyl (C=O) groups is 1. The van der Waals surface area contributed by atoms with E-state index in [0.717, 1.165) is 0 Å². The molecule has 0 bridgehead atoms. The molecular weight excluding hydrogens is 214 g/mol. The van der Waals surface area contributed by atoms with Crippen molar-refractivity contribution in [2.45, 2.75) is 0 Å². The highest BCUT2D eigenvalue weighted by atomic mass is 16.6. The van der Waals surface area contributed by atoms with Crippen LogP contribution in [-0.2, 0) is 4.79 Å². The molecule has 1 N–H and O–H groups in total. The Bertz CT molecular complexity index is 420. The minimum atomic E-state index is -0.502. The molecule has 84 valence electrons. The van der Waals surface area contributed by atoms with E-state index in [1.807, 2.05) is 5.43 Å². The minimum absolute atomic E-state index is 0.0390. The molecule has 0 atom stereocenters. The lowest BCUT2D eigenvalue weighted by Gasteiger charge is -2.09. The van der Waals surface area contributed by atoms with E-state index in [1.54, 1.807) is 13.1 Å². The van der Waals surface area contributed by atoms with Gasteiger partial charge in [-0.1, -0.05) is 6.07 Å². The summed E-state index contributed by atoms with van der Waals surface area (Å²) in [5, 5.41) is 18.7. The number of amides is 1. The molecule has 0 aliphatic rings. The molecule has 8 heteroatoms. The van der Waals surface area contributed by atoms with Crippen molar-refractivity contribution >= 4 is 17.8 Å². The van der Waals surface area contributed by atoms with Crippen LogP contribution in [0.2, 0.25) is 0 Å². The maximum Gasteiger partial charge on any atom is 0.271 e. The van der Waals surface area contributed by atoms with Crippen LogP contribution in [0.4, 0.5) is 11.4 Å². The van der Waals surface area contributed by atoms with Gasteiger partial charge in [0.15, 0.2) is 0 Å². The summed E-state index contributed by atoms with van der Waals surface area (Å²) < 4.78 is 0. The van der Waals surface area contributed by atoms with E-state index in [1.165, 1.54) is 23.2 Å². The van der Waals surface area contributed by atoms with Crippen LogP contribution in [0.1, 0.15) is 0 Å². The van der Waals surface area contributed by atoms with E-state index in [-0.39, 0.29) is 5.69 Å². The molecule has 0 spiro atoms. The molecule has 0 saturated heterocycles. The van der Waals surface area contributed by atoms with Crippen molar-refractivity contribution in [1.82, 2.24) is 5.43 Å². The van der Waals surface area contributed by atoms with Crippen LogP contribution in [0, 0.1) is 10.1 Å². The first-order valence-corrected chi connectivity index (χ1v) is 4.23. The van der Waals surface area contributed by atoms with E-state index in [0.29, 0.717) is 12.1 Å². The van der Waals surface area contributed by atoms with Crippen LogP contribution in [0.3, 0.4) is 0 Å². The number of hydrogen-bond donors (Lipinski definition) is 1. The number of rotatable bonds is 5. The van der Waals surface area contributed by atoms with Crippen LogP contribution in [0.15, 0.2) is 34.7 Å². The van der Waals surface area contributed by atoms with Gasteiger partial charge in [-0.3, -0.25) is 14.9 Å². The number of non-ortho nitro benzene ring substituents is 1. The Morgan fingerprint density at radius 3 is 2.94 bits per heavy atom. The van der Waals surface area contributed by atoms with Gasteiger partial charge in [-0.15, -0.1) is 0 Å². The Balaban J connectivity index is 2.82. The van der Waals surface area contributed by atoms with Crippen LogP contribution in [0.5, 0.6) is 0 Å². The quantitative estimate of drug-likeness (QED) is 0.349. The van der Waals surface area contributed by atoms with Crippen molar-refractivity contribution in [2.75, 3.05) is 12.1 Å². The van der Waals surface area contributed by atoms with Gasteiger partial charge < -0.3 is 0 Å². The van der Waals surface area contributed by atoms with Gasteiger partial charge in [0.1, 0.15) is 0 Å². The molecule has 1 aromatic carbocycles. The number of nitrogens with one attached hydrogen (secondary N) is 1. The minimum Gasteiger partial charge on any atom is -0.277 e. The van der Waals surface area contributed by atoms with E-state index >= 15 is 0 Å². The molecule has 8 nitrogen and oxygen atoms in total. The number of anilines is 1. The lowest BCUT2D eigenvalue weighted by atomic mass is 10.3. The average Bonchev–Trinajstić information content (AvgIpc) is 2.29. The van der Waals surface area contributed by atoms with Gasteiger partial charge in [0.25, 0.3) is 5.69 Å². The second kappa shape index (κ2) is 5.39. The molecule has 0 aromatic heterocycles. The van der Waals surface area contributed by atoms with E-state index in [9.17, 15) is 14.9 Å². The van der Waals surface area contributed by atoms with Crippen LogP contribution < -0.4 is 10.4 Å². The number of carbonyl (C=O) groups excluding carboxylic acids is 1. The van der Waals surface area contributed by atoms with Gasteiger partial charge in [0.2, 0.25) is 6.41 Å². The van der Waals surface area contributed by atoms with Gasteiger partial charge in [-0.2, -0.15) is 0 Å². The summed E-state index contributed by atoms with van der Waals surface area (Å²) in [5.41, 5.74) is 2.44. The zero-order valence-electron chi connectivity index (χ0n) is 8.40. The fourth-order valence-electron chi connectivity index (χ4n) is 0.976. The first-order chi connectivity index (χ1) is 7.65. The van der Waals surface area contributed by atoms with E-state index in [4.69, 9.17) is 0 Å². The van der Waals surface area contributed by atoms with Crippen LogP contribution in [-0.4, -0.2) is 18.4 Å². The second-order valence-corrected chi connectivity index (χ2v) is 2.74. The highest BCUT2D eigenvalue weighted by molar-refractivity contribution is 5.51. The maximum absolute atomic E-state index is 10.5. The third-order valence-corrected chi connectivity index (χ3v) is 1.70. The molecule has 1 amide bonds. The largest absolute Gasteiger partial charge is 0.277 e. The Morgan fingerprint density at radius 1 is 1.56 bits per heavy atom.